The number of halogens is 1. The molecule has 1 aromatic carbocycles. The van der Waals surface area contributed by atoms with Gasteiger partial charge in [0.15, 0.2) is 11.0 Å². The van der Waals surface area contributed by atoms with Crippen molar-refractivity contribution in [3.05, 3.63) is 30.1 Å². The maximum Gasteiger partial charge on any atom is 0.251 e. The van der Waals surface area contributed by atoms with E-state index < -0.39 is 23.5 Å². The van der Waals surface area contributed by atoms with E-state index in [1.165, 1.54) is 35.4 Å². The van der Waals surface area contributed by atoms with Gasteiger partial charge in [-0.1, -0.05) is 0 Å². The molecule has 2 fully saturated rings. The van der Waals surface area contributed by atoms with Crippen molar-refractivity contribution in [1.82, 2.24) is 15.1 Å². The van der Waals surface area contributed by atoms with E-state index in [1.807, 2.05) is 0 Å². The van der Waals surface area contributed by atoms with Crippen LogP contribution in [0.4, 0.5) is 10.1 Å². The predicted molar refractivity (Wildman–Crippen MR) is 110 cm³/mol. The lowest BCUT2D eigenvalue weighted by molar-refractivity contribution is -0.131. The molecule has 1 unspecified atom stereocenters. The van der Waals surface area contributed by atoms with Gasteiger partial charge in [-0.3, -0.25) is 29.2 Å². The summed E-state index contributed by atoms with van der Waals surface area (Å²) in [6.07, 6.45) is 1.34. The number of carbonyl (C=O) groups excluding carboxylic acids is 3. The molecule has 2 aliphatic heterocycles. The standard InChI is InChI=1S/C19H22FN5O3S/c1-13(26)24-10-8-23(9-11-24)7-6-21-12-16-17(27)22-19(29)25(18(16)28)15-4-2-14(20)3-5-15/h2-5,12,16H,6-11H2,1H3,(H,22,27,29). The zero-order chi connectivity index (χ0) is 21.0. The minimum absolute atomic E-state index is 0.0420. The number of hydrogen-bond acceptors (Lipinski definition) is 6. The molecule has 0 radical (unpaired) electrons. The second-order valence-corrected chi connectivity index (χ2v) is 7.21. The van der Waals surface area contributed by atoms with Gasteiger partial charge in [0.2, 0.25) is 11.8 Å². The van der Waals surface area contributed by atoms with Crippen LogP contribution in [0.25, 0.3) is 0 Å². The van der Waals surface area contributed by atoms with Crippen LogP contribution in [0.15, 0.2) is 29.3 Å². The van der Waals surface area contributed by atoms with Crippen LogP contribution in [-0.2, 0) is 14.4 Å². The molecule has 2 heterocycles. The van der Waals surface area contributed by atoms with E-state index in [9.17, 15) is 18.8 Å². The largest absolute Gasteiger partial charge is 0.340 e. The predicted octanol–water partition coefficient (Wildman–Crippen LogP) is 0.424. The SMILES string of the molecule is CC(=O)N1CCN(CCN=CC2C(=O)NC(=S)N(c3ccc(F)cc3)C2=O)CC1. The van der Waals surface area contributed by atoms with Crippen molar-refractivity contribution in [2.24, 2.45) is 10.9 Å². The van der Waals surface area contributed by atoms with Crippen molar-refractivity contribution < 1.29 is 18.8 Å². The molecule has 29 heavy (non-hydrogen) atoms. The number of nitrogens with zero attached hydrogens (tertiary/aromatic N) is 4. The van der Waals surface area contributed by atoms with E-state index in [0.29, 0.717) is 31.9 Å². The molecule has 1 aromatic rings. The Balaban J connectivity index is 1.57. The number of rotatable bonds is 5. The Hall–Kier alpha value is -2.72. The van der Waals surface area contributed by atoms with Crippen LogP contribution in [0.1, 0.15) is 6.92 Å². The normalized spacial score (nSPS) is 21.0. The van der Waals surface area contributed by atoms with E-state index in [4.69, 9.17) is 12.2 Å². The van der Waals surface area contributed by atoms with Crippen LogP contribution >= 0.6 is 12.2 Å². The van der Waals surface area contributed by atoms with Crippen LogP contribution in [0.2, 0.25) is 0 Å². The molecule has 2 saturated heterocycles. The van der Waals surface area contributed by atoms with E-state index in [1.54, 1.807) is 11.8 Å². The highest BCUT2D eigenvalue weighted by Gasteiger charge is 2.38. The van der Waals surface area contributed by atoms with Crippen LogP contribution < -0.4 is 10.2 Å². The Labute approximate surface area is 173 Å². The quantitative estimate of drug-likeness (QED) is 0.425. The Morgan fingerprint density at radius 2 is 1.90 bits per heavy atom. The van der Waals surface area contributed by atoms with Gasteiger partial charge in [-0.05, 0) is 36.5 Å². The monoisotopic (exact) mass is 419 g/mol. The summed E-state index contributed by atoms with van der Waals surface area (Å²) in [4.78, 5) is 45.7. The number of benzene rings is 1. The van der Waals surface area contributed by atoms with Gasteiger partial charge in [-0.15, -0.1) is 0 Å². The topological polar surface area (TPSA) is 85.3 Å². The molecule has 0 aliphatic carbocycles. The summed E-state index contributed by atoms with van der Waals surface area (Å²) >= 11 is 5.10. The molecule has 0 spiro atoms. The van der Waals surface area contributed by atoms with Gasteiger partial charge in [0.05, 0.1) is 12.2 Å². The van der Waals surface area contributed by atoms with Crippen LogP contribution in [0.5, 0.6) is 0 Å². The van der Waals surface area contributed by atoms with Crippen LogP contribution in [0.3, 0.4) is 0 Å². The number of nitrogens with one attached hydrogen (secondary N) is 1. The molecule has 3 rings (SSSR count). The number of thiocarbonyl (C=S) groups is 1. The molecule has 154 valence electrons. The summed E-state index contributed by atoms with van der Waals surface area (Å²) in [6, 6.07) is 5.28. The minimum Gasteiger partial charge on any atom is -0.340 e. The van der Waals surface area contributed by atoms with E-state index in [2.05, 4.69) is 15.2 Å². The summed E-state index contributed by atoms with van der Waals surface area (Å²) in [5.41, 5.74) is 0.378. The maximum atomic E-state index is 13.2. The van der Waals surface area contributed by atoms with Crippen molar-refractivity contribution in [3.8, 4) is 0 Å². The Morgan fingerprint density at radius 1 is 1.24 bits per heavy atom. The molecular formula is C19H22FN5O3S. The second-order valence-electron chi connectivity index (χ2n) is 6.83. The van der Waals surface area contributed by atoms with E-state index in [-0.39, 0.29) is 11.0 Å². The zero-order valence-electron chi connectivity index (χ0n) is 16.0. The number of amides is 3. The minimum atomic E-state index is -1.10. The fraction of sp³-hybridized carbons (Fsp3) is 0.421. The number of aliphatic imine (C=N–C) groups is 1. The molecule has 1 atom stereocenters. The van der Waals surface area contributed by atoms with Gasteiger partial charge in [-0.25, -0.2) is 4.39 Å². The summed E-state index contributed by atoms with van der Waals surface area (Å²) in [5, 5.41) is 2.45. The van der Waals surface area contributed by atoms with Crippen LogP contribution in [-0.4, -0.2) is 78.1 Å². The molecule has 0 bridgehead atoms. The average molecular weight is 419 g/mol. The number of piperazine rings is 1. The second kappa shape index (κ2) is 9.19. The number of anilines is 1. The van der Waals surface area contributed by atoms with Crippen molar-refractivity contribution in [3.63, 3.8) is 0 Å². The summed E-state index contributed by atoms with van der Waals surface area (Å²) in [5.74, 6) is -2.51. The Morgan fingerprint density at radius 3 is 2.52 bits per heavy atom. The van der Waals surface area contributed by atoms with Gasteiger partial charge in [0.1, 0.15) is 5.82 Å². The van der Waals surface area contributed by atoms with Gasteiger partial charge >= 0.3 is 0 Å². The highest BCUT2D eigenvalue weighted by molar-refractivity contribution is 7.80. The van der Waals surface area contributed by atoms with Gasteiger partial charge in [0, 0.05) is 45.9 Å². The van der Waals surface area contributed by atoms with Crippen LogP contribution in [0, 0.1) is 11.7 Å². The molecule has 0 aromatic heterocycles. The average Bonchev–Trinajstić information content (AvgIpc) is 2.69. The lowest BCUT2D eigenvalue weighted by Gasteiger charge is -2.33. The molecular weight excluding hydrogens is 397 g/mol. The third kappa shape index (κ3) is 5.01. The first-order valence-electron chi connectivity index (χ1n) is 9.29. The van der Waals surface area contributed by atoms with Crippen molar-refractivity contribution >= 4 is 47.0 Å². The third-order valence-corrected chi connectivity index (χ3v) is 5.19. The van der Waals surface area contributed by atoms with Crippen molar-refractivity contribution in [1.29, 1.82) is 0 Å². The highest BCUT2D eigenvalue weighted by Crippen LogP contribution is 2.20. The van der Waals surface area contributed by atoms with Gasteiger partial charge in [-0.2, -0.15) is 0 Å². The maximum absolute atomic E-state index is 13.2. The van der Waals surface area contributed by atoms with Gasteiger partial charge < -0.3 is 10.2 Å². The lowest BCUT2D eigenvalue weighted by atomic mass is 10.1. The molecule has 0 saturated carbocycles. The fourth-order valence-electron chi connectivity index (χ4n) is 3.22. The number of hydrogen-bond donors (Lipinski definition) is 1. The molecule has 10 heteroatoms. The molecule has 2 aliphatic rings. The molecule has 8 nitrogen and oxygen atoms in total. The first-order valence-corrected chi connectivity index (χ1v) is 9.70. The smallest absolute Gasteiger partial charge is 0.251 e. The molecule has 1 N–H and O–H groups in total. The lowest BCUT2D eigenvalue weighted by Crippen LogP contribution is -2.58. The van der Waals surface area contributed by atoms with E-state index in [0.717, 1.165) is 13.1 Å². The Bertz CT molecular complexity index is 837. The van der Waals surface area contributed by atoms with Crippen molar-refractivity contribution in [2.45, 2.75) is 6.92 Å². The molecule has 3 amide bonds. The number of carbonyl (C=O) groups is 3. The highest BCUT2D eigenvalue weighted by atomic mass is 32.1. The Kier molecular flexibility index (Phi) is 6.65. The zero-order valence-corrected chi connectivity index (χ0v) is 16.8. The fourth-order valence-corrected chi connectivity index (χ4v) is 3.52. The summed E-state index contributed by atoms with van der Waals surface area (Å²) in [6.45, 7) is 5.57. The summed E-state index contributed by atoms with van der Waals surface area (Å²) in [7, 11) is 0. The van der Waals surface area contributed by atoms with Crippen molar-refractivity contribution in [2.75, 3.05) is 44.2 Å². The first-order chi connectivity index (χ1) is 13.9. The third-order valence-electron chi connectivity index (χ3n) is 4.90. The first kappa shape index (κ1) is 21.0. The van der Waals surface area contributed by atoms with Gasteiger partial charge in [0.25, 0.3) is 5.91 Å². The van der Waals surface area contributed by atoms with E-state index >= 15 is 0 Å². The summed E-state index contributed by atoms with van der Waals surface area (Å²) < 4.78 is 13.2.